The fraction of sp³-hybridized carbons (Fsp3) is 0.500. The summed E-state index contributed by atoms with van der Waals surface area (Å²) >= 11 is 3.64. The largest absolute Gasteiger partial charge is 0.493 e. The number of primary amides is 1. The molecule has 0 fully saturated rings. The van der Waals surface area contributed by atoms with Gasteiger partial charge in [0.05, 0.1) is 18.6 Å². The van der Waals surface area contributed by atoms with E-state index in [2.05, 4.69) is 22.0 Å². The Morgan fingerprint density at radius 3 is 3.04 bits per heavy atom. The first-order valence-corrected chi connectivity index (χ1v) is 8.99. The van der Waals surface area contributed by atoms with Crippen LogP contribution in [-0.4, -0.2) is 30.3 Å². The smallest absolute Gasteiger partial charge is 0.220 e. The Hall–Kier alpha value is -1.53. The molecule has 1 aromatic carbocycles. The fourth-order valence-corrected chi connectivity index (χ4v) is 4.99. The van der Waals surface area contributed by atoms with Crippen LogP contribution in [0.25, 0.3) is 0 Å². The number of hydrogen-bond donors (Lipinski definition) is 2. The van der Waals surface area contributed by atoms with Gasteiger partial charge in [-0.25, -0.2) is 0 Å². The summed E-state index contributed by atoms with van der Waals surface area (Å²) < 4.78 is 12.7. The molecule has 0 saturated heterocycles. The Labute approximate surface area is 148 Å². The summed E-state index contributed by atoms with van der Waals surface area (Å²) in [5.41, 5.74) is 7.45. The molecule has 3 aliphatic rings. The maximum absolute atomic E-state index is 11.9. The van der Waals surface area contributed by atoms with Gasteiger partial charge in [0.1, 0.15) is 6.10 Å². The predicted molar refractivity (Wildman–Crippen MR) is 92.2 cm³/mol. The van der Waals surface area contributed by atoms with E-state index in [1.165, 1.54) is 0 Å². The molecule has 5 nitrogen and oxygen atoms in total. The Kier molecular flexibility index (Phi) is 3.65. The maximum Gasteiger partial charge on any atom is 0.220 e. The van der Waals surface area contributed by atoms with Crippen molar-refractivity contribution in [2.45, 2.75) is 43.3 Å². The van der Waals surface area contributed by atoms with E-state index in [-0.39, 0.29) is 23.3 Å². The van der Waals surface area contributed by atoms with E-state index in [9.17, 15) is 9.90 Å². The standard InChI is InChI=1S/C18H20BrNO4/c1-23-13-8-12(19)11-6-9(17(20)22)2-4-18-5-3-10(21)7-14(18)24-16(13)15(11)18/h3,5,8-10,14,21H,2,4,6-7H2,1H3,(H2,20,22)/t9-,10-,14-,18+/m0/s1. The van der Waals surface area contributed by atoms with Crippen LogP contribution >= 0.6 is 15.9 Å². The van der Waals surface area contributed by atoms with Crippen molar-refractivity contribution < 1.29 is 19.4 Å². The van der Waals surface area contributed by atoms with Gasteiger partial charge in [-0.1, -0.05) is 28.1 Å². The van der Waals surface area contributed by atoms with Crippen molar-refractivity contribution in [1.29, 1.82) is 0 Å². The summed E-state index contributed by atoms with van der Waals surface area (Å²) in [7, 11) is 1.62. The lowest BCUT2D eigenvalue weighted by molar-refractivity contribution is -0.122. The number of carbonyl (C=O) groups is 1. The Morgan fingerprint density at radius 2 is 2.33 bits per heavy atom. The molecule has 1 amide bonds. The number of amides is 1. The van der Waals surface area contributed by atoms with E-state index in [1.807, 2.05) is 12.1 Å². The highest BCUT2D eigenvalue weighted by atomic mass is 79.9. The molecular weight excluding hydrogens is 374 g/mol. The topological polar surface area (TPSA) is 81.8 Å². The van der Waals surface area contributed by atoms with Crippen molar-refractivity contribution in [3.05, 3.63) is 33.8 Å². The minimum Gasteiger partial charge on any atom is -0.493 e. The Morgan fingerprint density at radius 1 is 1.54 bits per heavy atom. The molecule has 1 heterocycles. The van der Waals surface area contributed by atoms with Crippen molar-refractivity contribution in [3.63, 3.8) is 0 Å². The van der Waals surface area contributed by atoms with E-state index < -0.39 is 6.10 Å². The number of halogens is 1. The van der Waals surface area contributed by atoms with Crippen LogP contribution in [0.4, 0.5) is 0 Å². The van der Waals surface area contributed by atoms with E-state index in [0.717, 1.165) is 27.8 Å². The lowest BCUT2D eigenvalue weighted by Crippen LogP contribution is -2.42. The van der Waals surface area contributed by atoms with Gasteiger partial charge < -0.3 is 20.3 Å². The average Bonchev–Trinajstić information content (AvgIpc) is 2.76. The van der Waals surface area contributed by atoms with Gasteiger partial charge in [0.25, 0.3) is 0 Å². The van der Waals surface area contributed by atoms with Gasteiger partial charge >= 0.3 is 0 Å². The highest BCUT2D eigenvalue weighted by Gasteiger charge is 2.53. The number of benzene rings is 1. The molecule has 0 saturated carbocycles. The first-order valence-electron chi connectivity index (χ1n) is 8.19. The molecule has 128 valence electrons. The molecule has 1 aliphatic heterocycles. The highest BCUT2D eigenvalue weighted by molar-refractivity contribution is 9.10. The number of aliphatic hydroxyl groups excluding tert-OH is 1. The van der Waals surface area contributed by atoms with Gasteiger partial charge in [0.2, 0.25) is 5.91 Å². The van der Waals surface area contributed by atoms with E-state index in [4.69, 9.17) is 15.2 Å². The maximum atomic E-state index is 11.9. The summed E-state index contributed by atoms with van der Waals surface area (Å²) in [5, 5.41) is 10.0. The fourth-order valence-electron chi connectivity index (χ4n) is 4.42. The van der Waals surface area contributed by atoms with E-state index in [0.29, 0.717) is 25.0 Å². The molecular formula is C18H20BrNO4. The van der Waals surface area contributed by atoms with Crippen molar-refractivity contribution in [2.75, 3.05) is 7.11 Å². The summed E-state index contributed by atoms with van der Waals surface area (Å²) in [4.78, 5) is 11.9. The van der Waals surface area contributed by atoms with Crippen molar-refractivity contribution in [1.82, 2.24) is 0 Å². The third-order valence-electron chi connectivity index (χ3n) is 5.65. The predicted octanol–water partition coefficient (Wildman–Crippen LogP) is 2.22. The number of hydrogen-bond acceptors (Lipinski definition) is 4. The third kappa shape index (κ3) is 2.12. The summed E-state index contributed by atoms with van der Waals surface area (Å²) in [6.45, 7) is 0. The average molecular weight is 394 g/mol. The van der Waals surface area contributed by atoms with Crippen LogP contribution in [-0.2, 0) is 16.6 Å². The van der Waals surface area contributed by atoms with Crippen molar-refractivity contribution in [3.8, 4) is 11.5 Å². The zero-order valence-corrected chi connectivity index (χ0v) is 15.0. The molecule has 1 aromatic rings. The Bertz CT molecular complexity index is 747. The summed E-state index contributed by atoms with van der Waals surface area (Å²) in [5.74, 6) is 0.958. The summed E-state index contributed by atoms with van der Waals surface area (Å²) in [6, 6.07) is 1.89. The van der Waals surface area contributed by atoms with Gasteiger partial charge in [-0.3, -0.25) is 4.79 Å². The first kappa shape index (κ1) is 16.0. The van der Waals surface area contributed by atoms with Gasteiger partial charge in [-0.15, -0.1) is 0 Å². The molecule has 1 spiro atoms. The molecule has 0 aromatic heterocycles. The molecule has 4 atom stereocenters. The Balaban J connectivity index is 1.97. The lowest BCUT2D eigenvalue weighted by Gasteiger charge is -2.35. The van der Waals surface area contributed by atoms with Crippen molar-refractivity contribution >= 4 is 21.8 Å². The SMILES string of the molecule is COc1cc(Br)c2c3c1O[C@H]1C[C@@H](O)C=C[C@@]31CC[C@H](C(N)=O)C2. The number of aliphatic hydroxyl groups is 1. The highest BCUT2D eigenvalue weighted by Crippen LogP contribution is 2.58. The van der Waals surface area contributed by atoms with Crippen LogP contribution in [0.1, 0.15) is 30.4 Å². The second-order valence-electron chi connectivity index (χ2n) is 6.89. The van der Waals surface area contributed by atoms with Crippen LogP contribution in [0.3, 0.4) is 0 Å². The van der Waals surface area contributed by atoms with E-state index >= 15 is 0 Å². The van der Waals surface area contributed by atoms with Gasteiger partial charge in [-0.2, -0.15) is 0 Å². The second kappa shape index (κ2) is 5.49. The van der Waals surface area contributed by atoms with Crippen LogP contribution in [0.2, 0.25) is 0 Å². The van der Waals surface area contributed by atoms with E-state index in [1.54, 1.807) is 7.11 Å². The van der Waals surface area contributed by atoms with Crippen molar-refractivity contribution in [2.24, 2.45) is 11.7 Å². The molecule has 2 aliphatic carbocycles. The minimum atomic E-state index is -0.511. The van der Waals surface area contributed by atoms with Gasteiger partial charge in [0, 0.05) is 22.4 Å². The minimum absolute atomic E-state index is 0.152. The molecule has 6 heteroatoms. The molecule has 0 bridgehead atoms. The van der Waals surface area contributed by atoms with Crippen LogP contribution in [0.15, 0.2) is 22.7 Å². The third-order valence-corrected chi connectivity index (χ3v) is 6.36. The summed E-state index contributed by atoms with van der Waals surface area (Å²) in [6.07, 6.45) is 5.85. The normalized spacial score (nSPS) is 33.2. The molecule has 3 N–H and O–H groups in total. The first-order chi connectivity index (χ1) is 11.5. The number of rotatable bonds is 2. The molecule has 24 heavy (non-hydrogen) atoms. The molecule has 0 radical (unpaired) electrons. The number of carbonyl (C=O) groups excluding carboxylic acids is 1. The number of methoxy groups -OCH3 is 1. The van der Waals surface area contributed by atoms with Crippen LogP contribution in [0.5, 0.6) is 11.5 Å². The second-order valence-corrected chi connectivity index (χ2v) is 7.75. The molecule has 0 unspecified atom stereocenters. The number of ether oxygens (including phenoxy) is 2. The van der Waals surface area contributed by atoms with Crippen LogP contribution in [0, 0.1) is 5.92 Å². The zero-order chi connectivity index (χ0) is 17.1. The molecule has 4 rings (SSSR count). The van der Waals surface area contributed by atoms with Gasteiger partial charge in [0.15, 0.2) is 11.5 Å². The van der Waals surface area contributed by atoms with Gasteiger partial charge in [-0.05, 0) is 30.9 Å². The zero-order valence-electron chi connectivity index (χ0n) is 13.4. The van der Waals surface area contributed by atoms with Crippen LogP contribution < -0.4 is 15.2 Å². The monoisotopic (exact) mass is 393 g/mol. The quantitative estimate of drug-likeness (QED) is 0.754. The number of nitrogens with two attached hydrogens (primary N) is 1. The lowest BCUT2D eigenvalue weighted by atomic mass is 9.69.